The number of aryl methyl sites for hydroxylation is 3. The number of rotatable bonds is 4. The minimum atomic E-state index is -3.90. The average Bonchev–Trinajstić information content (AvgIpc) is 3.38. The minimum Gasteiger partial charge on any atom is -0.339 e. The Balaban J connectivity index is 1.72. The first kappa shape index (κ1) is 19.7. The molecule has 3 heterocycles. The maximum absolute atomic E-state index is 13.5. The van der Waals surface area contributed by atoms with Crippen LogP contribution in [0.1, 0.15) is 16.7 Å². The largest absolute Gasteiger partial charge is 0.339 e. The highest BCUT2D eigenvalue weighted by atomic mass is 32.2. The molecule has 156 valence electrons. The molecule has 0 aliphatic rings. The second kappa shape index (κ2) is 7.14. The molecule has 9 heteroatoms. The number of nitrogens with zero attached hydrogens (tertiary/aromatic N) is 4. The summed E-state index contributed by atoms with van der Waals surface area (Å²) in [4.78, 5) is 4.87. The molecule has 0 saturated carbocycles. The molecule has 0 unspecified atom stereocenters. The fourth-order valence-corrected chi connectivity index (χ4v) is 5.83. The molecular weight excluding hydrogens is 430 g/mol. The van der Waals surface area contributed by atoms with E-state index < -0.39 is 9.84 Å². The molecule has 0 bridgehead atoms. The Morgan fingerprint density at radius 2 is 1.71 bits per heavy atom. The van der Waals surface area contributed by atoms with Gasteiger partial charge in [0.2, 0.25) is 14.9 Å². The minimum absolute atomic E-state index is 0.152. The van der Waals surface area contributed by atoms with Gasteiger partial charge in [-0.3, -0.25) is 0 Å². The lowest BCUT2D eigenvalue weighted by Crippen LogP contribution is -2.07. The van der Waals surface area contributed by atoms with Gasteiger partial charge in [-0.2, -0.15) is 4.52 Å². The fraction of sp³-hybridized carbons (Fsp3) is 0.136. The van der Waals surface area contributed by atoms with E-state index in [2.05, 4.69) is 20.6 Å². The van der Waals surface area contributed by atoms with E-state index in [4.69, 9.17) is 0 Å². The number of fused-ring (bicyclic) bond motifs is 3. The van der Waals surface area contributed by atoms with Crippen LogP contribution < -0.4 is 5.32 Å². The summed E-state index contributed by atoms with van der Waals surface area (Å²) in [7, 11) is -3.90. The third-order valence-corrected chi connectivity index (χ3v) is 7.83. The summed E-state index contributed by atoms with van der Waals surface area (Å²) in [6, 6.07) is 15.2. The quantitative estimate of drug-likeness (QED) is 0.422. The Hall–Kier alpha value is -3.30. The SMILES string of the molecule is Cc1ccc(Nc2nc3c(S(=O)(=O)c4cc(C)ccc4C)nnn3c3ccsc23)cc1. The number of thiophene rings is 1. The van der Waals surface area contributed by atoms with Crippen LogP contribution in [0.25, 0.3) is 15.9 Å². The normalized spacial score (nSPS) is 12.0. The van der Waals surface area contributed by atoms with E-state index in [1.54, 1.807) is 19.1 Å². The molecule has 0 fully saturated rings. The first-order chi connectivity index (χ1) is 14.8. The van der Waals surface area contributed by atoms with E-state index >= 15 is 0 Å². The second-order valence-corrected chi connectivity index (χ2v) is 10.2. The highest BCUT2D eigenvalue weighted by Crippen LogP contribution is 2.33. The van der Waals surface area contributed by atoms with Crippen LogP contribution in [0.5, 0.6) is 0 Å². The van der Waals surface area contributed by atoms with Gasteiger partial charge in [0, 0.05) is 5.69 Å². The zero-order valence-electron chi connectivity index (χ0n) is 17.1. The molecule has 0 radical (unpaired) electrons. The number of sulfone groups is 1. The molecular formula is C22H19N5O2S2. The van der Waals surface area contributed by atoms with Crippen LogP contribution in [0.3, 0.4) is 0 Å². The van der Waals surface area contributed by atoms with Gasteiger partial charge in [0.1, 0.15) is 0 Å². The maximum atomic E-state index is 13.5. The fourth-order valence-electron chi connectivity index (χ4n) is 3.46. The summed E-state index contributed by atoms with van der Waals surface area (Å²) in [6.45, 7) is 5.65. The van der Waals surface area contributed by atoms with Crippen molar-refractivity contribution in [3.05, 3.63) is 70.6 Å². The molecule has 5 rings (SSSR count). The average molecular weight is 450 g/mol. The van der Waals surface area contributed by atoms with Crippen molar-refractivity contribution in [2.45, 2.75) is 30.7 Å². The predicted octanol–water partition coefficient (Wildman–Crippen LogP) is 4.84. The molecule has 3 aromatic heterocycles. The van der Waals surface area contributed by atoms with E-state index in [1.165, 1.54) is 15.9 Å². The molecule has 5 aromatic rings. The van der Waals surface area contributed by atoms with Crippen molar-refractivity contribution < 1.29 is 8.42 Å². The number of benzene rings is 2. The van der Waals surface area contributed by atoms with Crippen LogP contribution >= 0.6 is 11.3 Å². The van der Waals surface area contributed by atoms with E-state index in [9.17, 15) is 8.42 Å². The zero-order chi connectivity index (χ0) is 21.8. The van der Waals surface area contributed by atoms with Gasteiger partial charge in [-0.1, -0.05) is 35.0 Å². The molecule has 0 amide bonds. The smallest absolute Gasteiger partial charge is 0.229 e. The Bertz CT molecular complexity index is 1550. The van der Waals surface area contributed by atoms with Crippen LogP contribution in [0.15, 0.2) is 63.8 Å². The highest BCUT2D eigenvalue weighted by molar-refractivity contribution is 7.91. The first-order valence-electron chi connectivity index (χ1n) is 9.63. The third-order valence-electron chi connectivity index (χ3n) is 5.12. The highest BCUT2D eigenvalue weighted by Gasteiger charge is 2.28. The van der Waals surface area contributed by atoms with Crippen molar-refractivity contribution in [3.63, 3.8) is 0 Å². The Morgan fingerprint density at radius 1 is 0.968 bits per heavy atom. The Morgan fingerprint density at radius 3 is 2.48 bits per heavy atom. The summed E-state index contributed by atoms with van der Waals surface area (Å²) in [5.41, 5.74) is 4.47. The summed E-state index contributed by atoms with van der Waals surface area (Å²) in [6.07, 6.45) is 0. The van der Waals surface area contributed by atoms with E-state index in [1.807, 2.05) is 55.6 Å². The second-order valence-electron chi connectivity index (χ2n) is 7.49. The van der Waals surface area contributed by atoms with Gasteiger partial charge in [0.05, 0.1) is 15.1 Å². The number of nitrogens with one attached hydrogen (secondary N) is 1. The van der Waals surface area contributed by atoms with Gasteiger partial charge < -0.3 is 5.32 Å². The van der Waals surface area contributed by atoms with Crippen LogP contribution in [0.4, 0.5) is 11.5 Å². The molecule has 7 nitrogen and oxygen atoms in total. The molecule has 0 aliphatic carbocycles. The number of hydrogen-bond acceptors (Lipinski definition) is 7. The van der Waals surface area contributed by atoms with E-state index in [0.717, 1.165) is 27.0 Å². The van der Waals surface area contributed by atoms with Crippen molar-refractivity contribution in [2.24, 2.45) is 0 Å². The standard InChI is InChI=1S/C22H19N5O2S2/c1-13-5-8-16(9-6-13)23-20-19-17(10-11-30-19)27-21(24-20)22(25-26-27)31(28,29)18-12-14(2)4-7-15(18)3/h4-12H,1-3H3,(H,23,24). The summed E-state index contributed by atoms with van der Waals surface area (Å²) >= 11 is 1.51. The lowest BCUT2D eigenvalue weighted by atomic mass is 10.2. The van der Waals surface area contributed by atoms with Crippen LogP contribution in [0.2, 0.25) is 0 Å². The molecule has 2 aromatic carbocycles. The van der Waals surface area contributed by atoms with E-state index in [-0.39, 0.29) is 15.6 Å². The maximum Gasteiger partial charge on any atom is 0.229 e. The van der Waals surface area contributed by atoms with Gasteiger partial charge in [-0.05, 0) is 61.5 Å². The molecule has 0 atom stereocenters. The van der Waals surface area contributed by atoms with Crippen molar-refractivity contribution in [1.82, 2.24) is 19.8 Å². The van der Waals surface area contributed by atoms with Crippen molar-refractivity contribution in [1.29, 1.82) is 0 Å². The van der Waals surface area contributed by atoms with Crippen molar-refractivity contribution >= 4 is 48.5 Å². The lowest BCUT2D eigenvalue weighted by Gasteiger charge is -2.09. The first-order valence-corrected chi connectivity index (χ1v) is 12.0. The Kier molecular flexibility index (Phi) is 4.53. The van der Waals surface area contributed by atoms with Gasteiger partial charge in [-0.15, -0.1) is 16.4 Å². The van der Waals surface area contributed by atoms with Crippen LogP contribution in [-0.4, -0.2) is 28.2 Å². The topological polar surface area (TPSA) is 89.2 Å². The monoisotopic (exact) mass is 449 g/mol. The van der Waals surface area contributed by atoms with Crippen LogP contribution in [0, 0.1) is 20.8 Å². The number of aromatic nitrogens is 4. The molecule has 1 N–H and O–H groups in total. The van der Waals surface area contributed by atoms with Gasteiger partial charge in [0.15, 0.2) is 11.5 Å². The Labute approximate surface area is 183 Å². The lowest BCUT2D eigenvalue weighted by molar-refractivity contribution is 0.592. The van der Waals surface area contributed by atoms with Crippen molar-refractivity contribution in [3.8, 4) is 0 Å². The summed E-state index contributed by atoms with van der Waals surface area (Å²) < 4.78 is 29.3. The van der Waals surface area contributed by atoms with Gasteiger partial charge in [0.25, 0.3) is 0 Å². The van der Waals surface area contributed by atoms with E-state index in [0.29, 0.717) is 11.4 Å². The molecule has 31 heavy (non-hydrogen) atoms. The molecule has 0 spiro atoms. The summed E-state index contributed by atoms with van der Waals surface area (Å²) in [5, 5.41) is 13.3. The summed E-state index contributed by atoms with van der Waals surface area (Å²) in [5.74, 6) is 0.570. The molecule has 0 saturated heterocycles. The van der Waals surface area contributed by atoms with Gasteiger partial charge >= 0.3 is 0 Å². The van der Waals surface area contributed by atoms with Gasteiger partial charge in [-0.25, -0.2) is 13.4 Å². The zero-order valence-corrected chi connectivity index (χ0v) is 18.8. The predicted molar refractivity (Wildman–Crippen MR) is 122 cm³/mol. The molecule has 0 aliphatic heterocycles. The number of anilines is 2. The third kappa shape index (κ3) is 3.26. The van der Waals surface area contributed by atoms with Crippen molar-refractivity contribution in [2.75, 3.05) is 5.32 Å². The van der Waals surface area contributed by atoms with Crippen LogP contribution in [-0.2, 0) is 9.84 Å². The number of hydrogen-bond donors (Lipinski definition) is 1.